The molecule has 10 rings (SSSR count). The second-order valence-electron chi connectivity index (χ2n) is 17.2. The Bertz CT molecular complexity index is 3060. The molecule has 1 aliphatic carbocycles. The van der Waals surface area contributed by atoms with Gasteiger partial charge < -0.3 is 5.11 Å². The van der Waals surface area contributed by atoms with Gasteiger partial charge in [-0.2, -0.15) is 0 Å². The van der Waals surface area contributed by atoms with Gasteiger partial charge in [0.1, 0.15) is 11.6 Å². The number of phenolic OH excluding ortho intramolecular Hbond substituents is 1. The van der Waals surface area contributed by atoms with Crippen molar-refractivity contribution in [3.63, 3.8) is 0 Å². The van der Waals surface area contributed by atoms with Crippen LogP contribution in [0, 0.1) is 0 Å². The summed E-state index contributed by atoms with van der Waals surface area (Å²) in [6, 6.07) is 59.6. The summed E-state index contributed by atoms with van der Waals surface area (Å²) in [4.78, 5) is 10.6. The van der Waals surface area contributed by atoms with Crippen LogP contribution in [-0.4, -0.2) is 19.6 Å². The summed E-state index contributed by atoms with van der Waals surface area (Å²) in [5.74, 6) is 0.853. The van der Waals surface area contributed by atoms with Crippen LogP contribution in [0.3, 0.4) is 0 Å². The molecule has 9 aromatic rings. The van der Waals surface area contributed by atoms with Gasteiger partial charge in [0.25, 0.3) is 0 Å². The van der Waals surface area contributed by atoms with Gasteiger partial charge in [-0.05, 0) is 105 Å². The maximum absolute atomic E-state index is 11.4. The molecule has 286 valence electrons. The van der Waals surface area contributed by atoms with Gasteiger partial charge in [0.2, 0.25) is 0 Å². The Kier molecular flexibility index (Phi) is 8.50. The fraction of sp³-hybridized carbons (Fsp3) is 0.127. The van der Waals surface area contributed by atoms with E-state index in [1.54, 1.807) is 6.07 Å². The number of hydrogen-bond donors (Lipinski definition) is 1. The van der Waals surface area contributed by atoms with Crippen LogP contribution in [0.1, 0.15) is 51.3 Å². The van der Waals surface area contributed by atoms with Crippen molar-refractivity contribution in [1.29, 1.82) is 0 Å². The predicted molar refractivity (Wildman–Crippen MR) is 244 cm³/mol. The molecule has 0 atom stereocenters. The molecule has 0 unspecified atom stereocenters. The van der Waals surface area contributed by atoms with Crippen molar-refractivity contribution in [1.82, 2.24) is 14.5 Å². The van der Waals surface area contributed by atoms with E-state index < -0.39 is 0 Å². The van der Waals surface area contributed by atoms with Crippen molar-refractivity contribution in [2.75, 3.05) is 0 Å². The lowest BCUT2D eigenvalue weighted by Gasteiger charge is -2.23. The second kappa shape index (κ2) is 13.8. The fourth-order valence-electron chi connectivity index (χ4n) is 9.05. The molecule has 0 amide bonds. The molecule has 0 radical (unpaired) electrons. The van der Waals surface area contributed by atoms with Gasteiger partial charge in [-0.25, -0.2) is 4.98 Å². The SMILES string of the molecule is CC(C)(C)c1ccc(-n2c(-c3ccccc3O)nc3c(-c4cc(-c5ccccc5)cc(-c5nccc6c5-c5ccccc5C6(C)C)c4)cccc32)c(-c2ccccc2)c1. The molecule has 4 heteroatoms. The summed E-state index contributed by atoms with van der Waals surface area (Å²) in [6.45, 7) is 11.4. The van der Waals surface area contributed by atoms with Crippen LogP contribution >= 0.6 is 0 Å². The Balaban J connectivity index is 1.26. The molecule has 0 bridgehead atoms. The van der Waals surface area contributed by atoms with Gasteiger partial charge >= 0.3 is 0 Å². The number of pyridine rings is 1. The Labute approximate surface area is 346 Å². The van der Waals surface area contributed by atoms with Crippen LogP contribution in [0.25, 0.3) is 83.9 Å². The largest absolute Gasteiger partial charge is 0.507 e. The monoisotopic (exact) mass is 763 g/mol. The molecule has 0 fully saturated rings. The maximum Gasteiger partial charge on any atom is 0.149 e. The van der Waals surface area contributed by atoms with Crippen molar-refractivity contribution in [3.05, 3.63) is 193 Å². The van der Waals surface area contributed by atoms with Gasteiger partial charge in [-0.1, -0.05) is 150 Å². The highest BCUT2D eigenvalue weighted by molar-refractivity contribution is 5.99. The van der Waals surface area contributed by atoms with Crippen molar-refractivity contribution in [3.8, 4) is 78.6 Å². The van der Waals surface area contributed by atoms with Crippen LogP contribution in [0.2, 0.25) is 0 Å². The number of benzene rings is 7. The zero-order chi connectivity index (χ0) is 40.5. The molecule has 1 N–H and O–H groups in total. The maximum atomic E-state index is 11.4. The highest BCUT2D eigenvalue weighted by Gasteiger charge is 2.37. The summed E-state index contributed by atoms with van der Waals surface area (Å²) >= 11 is 0. The Morgan fingerprint density at radius 2 is 1.17 bits per heavy atom. The lowest BCUT2D eigenvalue weighted by Crippen LogP contribution is -2.14. The number of aromatic nitrogens is 3. The van der Waals surface area contributed by atoms with Crippen molar-refractivity contribution >= 4 is 11.0 Å². The molecule has 59 heavy (non-hydrogen) atoms. The third-order valence-corrected chi connectivity index (χ3v) is 12.1. The van der Waals surface area contributed by atoms with E-state index in [0.717, 1.165) is 61.4 Å². The Morgan fingerprint density at radius 1 is 0.525 bits per heavy atom. The van der Waals surface area contributed by atoms with Gasteiger partial charge in [0.15, 0.2) is 0 Å². The summed E-state index contributed by atoms with van der Waals surface area (Å²) in [7, 11) is 0. The Morgan fingerprint density at radius 3 is 1.92 bits per heavy atom. The number of rotatable bonds is 6. The molecule has 1 aliphatic rings. The molecule has 2 aromatic heterocycles. The number of para-hydroxylation sites is 2. The molecule has 0 saturated carbocycles. The Hall–Kier alpha value is -7.04. The van der Waals surface area contributed by atoms with E-state index in [0.29, 0.717) is 11.4 Å². The van der Waals surface area contributed by atoms with Crippen LogP contribution in [0.4, 0.5) is 0 Å². The average Bonchev–Trinajstić information content (AvgIpc) is 3.76. The minimum Gasteiger partial charge on any atom is -0.507 e. The third kappa shape index (κ3) is 6.06. The van der Waals surface area contributed by atoms with E-state index in [-0.39, 0.29) is 16.6 Å². The summed E-state index contributed by atoms with van der Waals surface area (Å²) in [5.41, 5.74) is 18.0. The molecule has 0 spiro atoms. The van der Waals surface area contributed by atoms with E-state index in [4.69, 9.17) is 9.97 Å². The number of imidazole rings is 1. The van der Waals surface area contributed by atoms with Gasteiger partial charge in [0.05, 0.1) is 28.0 Å². The number of nitrogens with zero attached hydrogens (tertiary/aromatic N) is 3. The van der Waals surface area contributed by atoms with Gasteiger partial charge in [-0.15, -0.1) is 0 Å². The van der Waals surface area contributed by atoms with Crippen LogP contribution < -0.4 is 0 Å². The molecule has 0 saturated heterocycles. The number of fused-ring (bicyclic) bond motifs is 4. The zero-order valence-electron chi connectivity index (χ0n) is 34.0. The topological polar surface area (TPSA) is 50.9 Å². The lowest BCUT2D eigenvalue weighted by molar-refractivity contribution is 0.477. The molecule has 0 aliphatic heterocycles. The van der Waals surface area contributed by atoms with Crippen LogP contribution in [-0.2, 0) is 10.8 Å². The van der Waals surface area contributed by atoms with Crippen LogP contribution in [0.5, 0.6) is 5.75 Å². The van der Waals surface area contributed by atoms with Gasteiger partial charge in [-0.3, -0.25) is 9.55 Å². The van der Waals surface area contributed by atoms with Crippen molar-refractivity contribution in [2.45, 2.75) is 45.4 Å². The summed E-state index contributed by atoms with van der Waals surface area (Å²) < 4.78 is 2.23. The highest BCUT2D eigenvalue weighted by atomic mass is 16.3. The van der Waals surface area contributed by atoms with Crippen LogP contribution in [0.15, 0.2) is 176 Å². The quantitative estimate of drug-likeness (QED) is 0.183. The average molecular weight is 764 g/mol. The lowest BCUT2D eigenvalue weighted by atomic mass is 9.82. The van der Waals surface area contributed by atoms with Crippen molar-refractivity contribution < 1.29 is 5.11 Å². The molecular weight excluding hydrogens is 719 g/mol. The zero-order valence-corrected chi connectivity index (χ0v) is 34.0. The smallest absolute Gasteiger partial charge is 0.149 e. The minimum atomic E-state index is -0.148. The second-order valence-corrected chi connectivity index (χ2v) is 17.2. The van der Waals surface area contributed by atoms with E-state index in [9.17, 15) is 5.11 Å². The summed E-state index contributed by atoms with van der Waals surface area (Å²) in [5, 5.41) is 11.4. The van der Waals surface area contributed by atoms with E-state index in [2.05, 4.69) is 185 Å². The summed E-state index contributed by atoms with van der Waals surface area (Å²) in [6.07, 6.45) is 1.97. The first-order chi connectivity index (χ1) is 28.6. The van der Waals surface area contributed by atoms with Gasteiger partial charge in [0, 0.05) is 33.9 Å². The number of hydrogen-bond acceptors (Lipinski definition) is 3. The molecule has 7 aromatic carbocycles. The van der Waals surface area contributed by atoms with E-state index in [1.807, 2.05) is 24.4 Å². The molecule has 4 nitrogen and oxygen atoms in total. The normalized spacial score (nSPS) is 13.0. The third-order valence-electron chi connectivity index (χ3n) is 12.1. The fourth-order valence-corrected chi connectivity index (χ4v) is 9.05. The minimum absolute atomic E-state index is 0.0558. The van der Waals surface area contributed by atoms with E-state index >= 15 is 0 Å². The molecular formula is C55H45N3O. The highest BCUT2D eigenvalue weighted by Crippen LogP contribution is 2.52. The first-order valence-corrected chi connectivity index (χ1v) is 20.4. The number of phenols is 1. The van der Waals surface area contributed by atoms with Crippen molar-refractivity contribution in [2.24, 2.45) is 0 Å². The first-order valence-electron chi connectivity index (χ1n) is 20.4. The van der Waals surface area contributed by atoms with E-state index in [1.165, 1.54) is 27.8 Å². The standard InChI is InChI=1S/C55H45N3O/c1-54(2,3)40-27-28-47(44(34-40)36-19-10-7-11-20-36)58-48-25-16-23-41(52(48)57-53(58)43-22-13-15-26-49(43)59)38-31-37(35-17-8-6-9-18-35)32-39(33-38)51-50-42-21-12-14-24-45(42)55(4,5)46(50)29-30-56-51/h6-34,59H,1-5H3. The predicted octanol–water partition coefficient (Wildman–Crippen LogP) is 14.1. The number of aromatic hydroxyl groups is 1. The first kappa shape index (κ1) is 36.3. The molecule has 2 heterocycles.